The third kappa shape index (κ3) is 6.24. The van der Waals surface area contributed by atoms with Gasteiger partial charge in [-0.25, -0.2) is 4.79 Å². The number of anilines is 1. The highest BCUT2D eigenvalue weighted by atomic mass is 28.3. The largest absolute Gasteiger partial charge is 0.383 e. The molecule has 3 aromatic rings. The number of halogens is 2. The van der Waals surface area contributed by atoms with Crippen LogP contribution in [0.2, 0.25) is 25.7 Å². The second-order valence-corrected chi connectivity index (χ2v) is 17.4. The van der Waals surface area contributed by atoms with Crippen molar-refractivity contribution in [2.75, 3.05) is 5.73 Å². The Hall–Kier alpha value is -4.43. The molecule has 0 amide bonds. The Morgan fingerprint density at radius 2 is 1.53 bits per heavy atom. The van der Waals surface area contributed by atoms with Gasteiger partial charge in [0.15, 0.2) is 17.3 Å². The normalized spacial score (nSPS) is 23.8. The molecule has 2 heterocycles. The minimum Gasteiger partial charge on any atom is -0.383 e. The van der Waals surface area contributed by atoms with Gasteiger partial charge in [-0.2, -0.15) is 13.8 Å². The minimum atomic E-state index is -4.94. The Morgan fingerprint density at radius 1 is 1.00 bits per heavy atom. The van der Waals surface area contributed by atoms with Crippen molar-refractivity contribution >= 4 is 43.4 Å². The van der Waals surface area contributed by atoms with Gasteiger partial charge < -0.3 is 20.7 Å². The van der Waals surface area contributed by atoms with Crippen LogP contribution in [0.25, 0.3) is 12.2 Å². The first kappa shape index (κ1) is 33.5. The highest BCUT2D eigenvalue weighted by Gasteiger charge is 2.84. The van der Waals surface area contributed by atoms with Crippen molar-refractivity contribution in [3.63, 3.8) is 0 Å². The summed E-state index contributed by atoms with van der Waals surface area (Å²) in [6, 6.07) is 16.8. The van der Waals surface area contributed by atoms with Gasteiger partial charge in [0, 0.05) is 12.2 Å². The third-order valence-electron chi connectivity index (χ3n) is 7.27. The number of nitrogen functional groups attached to an aromatic ring is 1. The fourth-order valence-corrected chi connectivity index (χ4v) is 6.26. The fraction of sp³-hybridized carbons (Fsp3) is 0.281. The predicted molar refractivity (Wildman–Crippen MR) is 166 cm³/mol. The maximum atomic E-state index is 17.1. The lowest BCUT2D eigenvalue weighted by Gasteiger charge is -2.37. The molecule has 236 valence electrons. The SMILES string of the molecule is C[Si](C)(C)CC(=O)[C@@]1(n2ccc(N)nc2=O)O[C@H](C(O)C(=O)C=Cc2ccccc2)[C@](O)(C(=O)C=Cc2ccccc2)C1(F)F. The topological polar surface area (TPSA) is 162 Å². The molecule has 45 heavy (non-hydrogen) atoms. The monoisotopic (exact) mass is 637 g/mol. The molecular weight excluding hydrogens is 604 g/mol. The summed E-state index contributed by atoms with van der Waals surface area (Å²) in [7, 11) is -2.56. The number of carbonyl (C=O) groups excluding carboxylic acids is 3. The molecule has 0 spiro atoms. The van der Waals surface area contributed by atoms with Crippen LogP contribution in [-0.4, -0.2) is 68.9 Å². The Kier molecular flexibility index (Phi) is 9.31. The van der Waals surface area contributed by atoms with Gasteiger partial charge >= 0.3 is 11.6 Å². The molecule has 1 fully saturated rings. The number of nitrogens with zero attached hydrogens (tertiary/aromatic N) is 2. The fourth-order valence-electron chi connectivity index (χ4n) is 5.06. The molecule has 1 aliphatic rings. The van der Waals surface area contributed by atoms with E-state index in [4.69, 9.17) is 10.5 Å². The molecule has 0 bridgehead atoms. The summed E-state index contributed by atoms with van der Waals surface area (Å²) in [5.41, 5.74) is -2.67. The van der Waals surface area contributed by atoms with E-state index in [0.29, 0.717) is 17.2 Å². The van der Waals surface area contributed by atoms with Crippen LogP contribution in [0, 0.1) is 0 Å². The van der Waals surface area contributed by atoms with Crippen LogP contribution >= 0.6 is 0 Å². The number of aliphatic hydroxyl groups is 2. The Bertz CT molecular complexity index is 1710. The van der Waals surface area contributed by atoms with E-state index in [1.54, 1.807) is 80.3 Å². The number of rotatable bonds is 11. The van der Waals surface area contributed by atoms with Crippen LogP contribution < -0.4 is 11.4 Å². The van der Waals surface area contributed by atoms with Crippen LogP contribution in [-0.2, 0) is 24.8 Å². The smallest absolute Gasteiger partial charge is 0.352 e. The molecule has 1 saturated heterocycles. The zero-order valence-corrected chi connectivity index (χ0v) is 25.8. The van der Waals surface area contributed by atoms with Crippen LogP contribution in [0.15, 0.2) is 89.9 Å². The maximum absolute atomic E-state index is 17.1. The Labute approximate surface area is 258 Å². The number of aliphatic hydroxyl groups excluding tert-OH is 1. The summed E-state index contributed by atoms with van der Waals surface area (Å²) in [5, 5.41) is 23.0. The maximum Gasteiger partial charge on any atom is 0.352 e. The molecule has 2 aromatic carbocycles. The van der Waals surface area contributed by atoms with Gasteiger partial charge in [0.25, 0.3) is 5.72 Å². The van der Waals surface area contributed by atoms with Crippen molar-refractivity contribution in [2.24, 2.45) is 0 Å². The van der Waals surface area contributed by atoms with Crippen molar-refractivity contribution < 1.29 is 38.1 Å². The van der Waals surface area contributed by atoms with Gasteiger partial charge in [0.1, 0.15) is 18.0 Å². The van der Waals surface area contributed by atoms with E-state index < -0.39 is 66.6 Å². The number of aromatic nitrogens is 2. The van der Waals surface area contributed by atoms with Gasteiger partial charge in [-0.15, -0.1) is 0 Å². The molecule has 13 heteroatoms. The van der Waals surface area contributed by atoms with Crippen LogP contribution in [0.5, 0.6) is 0 Å². The van der Waals surface area contributed by atoms with E-state index in [2.05, 4.69) is 4.98 Å². The van der Waals surface area contributed by atoms with Crippen molar-refractivity contribution in [1.82, 2.24) is 9.55 Å². The van der Waals surface area contributed by atoms with E-state index in [1.165, 1.54) is 6.08 Å². The average Bonchev–Trinajstić information content (AvgIpc) is 3.18. The Balaban J connectivity index is 1.93. The zero-order valence-electron chi connectivity index (χ0n) is 24.8. The second-order valence-electron chi connectivity index (χ2n) is 11.9. The van der Waals surface area contributed by atoms with Gasteiger partial charge in [-0.05, 0) is 29.3 Å². The molecule has 1 aliphatic heterocycles. The summed E-state index contributed by atoms with van der Waals surface area (Å²) >= 11 is 0. The minimum absolute atomic E-state index is 0.155. The lowest BCUT2D eigenvalue weighted by molar-refractivity contribution is -0.227. The van der Waals surface area contributed by atoms with Crippen LogP contribution in [0.4, 0.5) is 14.6 Å². The number of hydrogen-bond donors (Lipinski definition) is 3. The summed E-state index contributed by atoms with van der Waals surface area (Å²) in [6.45, 7) is 5.08. The third-order valence-corrected chi connectivity index (χ3v) is 8.65. The molecule has 10 nitrogen and oxygen atoms in total. The predicted octanol–water partition coefficient (Wildman–Crippen LogP) is 3.08. The standard InChI is InChI=1S/C32H33F2N3O7Si/c1-45(2,3)20-25(40)31(37-19-18-26(35)36-29(37)42)32(33,34)30(43,24(39)17-15-22-12-8-5-9-13-22)28(44-31)27(41)23(38)16-14-21-10-6-4-7-11-21/h4-19,27-28,41,43H,20H2,1-3H3,(H2,35,36,42)/t27?,28-,30-,31-/m1/s1. The number of alkyl halides is 2. The Morgan fingerprint density at radius 3 is 2.04 bits per heavy atom. The van der Waals surface area contributed by atoms with E-state index >= 15 is 8.78 Å². The first-order chi connectivity index (χ1) is 21.0. The number of carbonyl (C=O) groups is 3. The number of Topliss-reactive ketones (excluding diaryl/α,β-unsaturated/α-hetero) is 1. The highest BCUT2D eigenvalue weighted by molar-refractivity contribution is 6.78. The van der Waals surface area contributed by atoms with Crippen LogP contribution in [0.3, 0.4) is 0 Å². The van der Waals surface area contributed by atoms with Crippen LogP contribution in [0.1, 0.15) is 11.1 Å². The number of benzene rings is 2. The molecular formula is C32H33F2N3O7Si. The molecule has 1 aromatic heterocycles. The molecule has 0 radical (unpaired) electrons. The van der Waals surface area contributed by atoms with E-state index in [-0.39, 0.29) is 10.4 Å². The summed E-state index contributed by atoms with van der Waals surface area (Å²) in [5.74, 6) is -9.56. The van der Waals surface area contributed by atoms with Crippen molar-refractivity contribution in [1.29, 1.82) is 0 Å². The highest BCUT2D eigenvalue weighted by Crippen LogP contribution is 2.56. The summed E-state index contributed by atoms with van der Waals surface area (Å²) in [6.07, 6.45) is -0.647. The molecule has 0 saturated carbocycles. The van der Waals surface area contributed by atoms with E-state index in [1.807, 2.05) is 0 Å². The molecule has 1 unspecified atom stereocenters. The molecule has 4 rings (SSSR count). The van der Waals surface area contributed by atoms with Gasteiger partial charge in [0.2, 0.25) is 5.60 Å². The van der Waals surface area contributed by atoms with Crippen molar-refractivity contribution in [3.8, 4) is 0 Å². The van der Waals surface area contributed by atoms with Gasteiger partial charge in [0.05, 0.1) is 8.07 Å². The zero-order chi connectivity index (χ0) is 33.2. The quantitative estimate of drug-likeness (QED) is 0.212. The lowest BCUT2D eigenvalue weighted by Crippen LogP contribution is -2.67. The lowest BCUT2D eigenvalue weighted by atomic mass is 9.79. The van der Waals surface area contributed by atoms with E-state index in [9.17, 15) is 29.4 Å². The summed E-state index contributed by atoms with van der Waals surface area (Å²) < 4.78 is 40.0. The average molecular weight is 638 g/mol. The van der Waals surface area contributed by atoms with Crippen molar-refractivity contribution in [2.45, 2.75) is 55.1 Å². The summed E-state index contributed by atoms with van der Waals surface area (Å²) in [4.78, 5) is 57.3. The first-order valence-electron chi connectivity index (χ1n) is 13.9. The second kappa shape index (κ2) is 12.5. The number of nitrogens with two attached hydrogens (primary N) is 1. The van der Waals surface area contributed by atoms with Gasteiger partial charge in [-0.3, -0.25) is 19.0 Å². The first-order valence-corrected chi connectivity index (χ1v) is 17.6. The van der Waals surface area contributed by atoms with Crippen molar-refractivity contribution in [3.05, 3.63) is 107 Å². The molecule has 0 aliphatic carbocycles. The number of hydrogen-bond acceptors (Lipinski definition) is 9. The number of ether oxygens (including phenoxy) is 1. The van der Waals surface area contributed by atoms with Gasteiger partial charge in [-0.1, -0.05) is 92.5 Å². The molecule has 4 atom stereocenters. The molecule has 4 N–H and O–H groups in total. The number of ketones is 3. The van der Waals surface area contributed by atoms with E-state index in [0.717, 1.165) is 24.4 Å².